The minimum absolute atomic E-state index is 0.0635. The summed E-state index contributed by atoms with van der Waals surface area (Å²) in [5.74, 6) is 5.74. The number of aromatic nitrogens is 4. The summed E-state index contributed by atoms with van der Waals surface area (Å²) in [7, 11) is 0. The minimum atomic E-state index is -0.676. The molecule has 2 aromatic carbocycles. The van der Waals surface area contributed by atoms with Gasteiger partial charge < -0.3 is 19.4 Å². The van der Waals surface area contributed by atoms with Gasteiger partial charge in [0.25, 0.3) is 11.8 Å². The smallest absolute Gasteiger partial charge is 0.272 e. The van der Waals surface area contributed by atoms with Crippen LogP contribution in [0.25, 0.3) is 33.3 Å². The van der Waals surface area contributed by atoms with Crippen LogP contribution in [-0.2, 0) is 38.6 Å². The van der Waals surface area contributed by atoms with Crippen molar-refractivity contribution in [3.63, 3.8) is 0 Å². The lowest BCUT2D eigenvalue weighted by atomic mass is 9.96. The first-order valence-corrected chi connectivity index (χ1v) is 21.6. The van der Waals surface area contributed by atoms with E-state index in [4.69, 9.17) is 14.8 Å². The number of benzene rings is 2. The Morgan fingerprint density at radius 2 is 1.63 bits per heavy atom. The molecule has 3 aromatic heterocycles. The van der Waals surface area contributed by atoms with Crippen molar-refractivity contribution < 1.29 is 28.7 Å². The molecular formula is C48H46N8O6. The fourth-order valence-electron chi connectivity index (χ4n) is 9.64. The third-order valence-corrected chi connectivity index (χ3v) is 13.1. The number of nitrogens with zero attached hydrogens (tertiary/aromatic N) is 7. The van der Waals surface area contributed by atoms with Gasteiger partial charge in [-0.1, -0.05) is 36.1 Å². The molecule has 62 heavy (non-hydrogen) atoms. The molecule has 0 radical (unpaired) electrons. The third kappa shape index (κ3) is 7.30. The molecular weight excluding hydrogens is 785 g/mol. The molecule has 3 saturated heterocycles. The van der Waals surface area contributed by atoms with Crippen LogP contribution in [0.15, 0.2) is 67.0 Å². The van der Waals surface area contributed by atoms with Gasteiger partial charge in [0, 0.05) is 123 Å². The van der Waals surface area contributed by atoms with Crippen molar-refractivity contribution in [2.45, 2.75) is 77.0 Å². The van der Waals surface area contributed by atoms with E-state index in [1.165, 1.54) is 5.69 Å². The van der Waals surface area contributed by atoms with Gasteiger partial charge in [0.2, 0.25) is 17.7 Å². The lowest BCUT2D eigenvalue weighted by Crippen LogP contribution is -2.52. The monoisotopic (exact) mass is 830 g/mol. The van der Waals surface area contributed by atoms with Crippen LogP contribution in [0.2, 0.25) is 0 Å². The summed E-state index contributed by atoms with van der Waals surface area (Å²) >= 11 is 0. The Morgan fingerprint density at radius 3 is 2.40 bits per heavy atom. The summed E-state index contributed by atoms with van der Waals surface area (Å²) in [6.07, 6.45) is 8.12. The topological polar surface area (TPSA) is 160 Å². The molecule has 1 unspecified atom stereocenters. The van der Waals surface area contributed by atoms with E-state index in [9.17, 15) is 24.0 Å². The average molecular weight is 831 g/mol. The third-order valence-electron chi connectivity index (χ3n) is 13.1. The van der Waals surface area contributed by atoms with Gasteiger partial charge in [-0.15, -0.1) is 0 Å². The summed E-state index contributed by atoms with van der Waals surface area (Å²) in [4.78, 5) is 78.2. The number of likely N-dealkylation sites (tertiary alicyclic amines) is 1. The van der Waals surface area contributed by atoms with Gasteiger partial charge in [-0.25, -0.2) is 0 Å². The highest BCUT2D eigenvalue weighted by molar-refractivity contribution is 6.05. The number of hydrogen-bond acceptors (Lipinski definition) is 9. The number of pyridine rings is 2. The molecule has 0 spiro atoms. The summed E-state index contributed by atoms with van der Waals surface area (Å²) in [6, 6.07) is 16.9. The molecule has 8 heterocycles. The van der Waals surface area contributed by atoms with Crippen molar-refractivity contribution in [3.05, 3.63) is 101 Å². The maximum atomic E-state index is 13.6. The van der Waals surface area contributed by atoms with Gasteiger partial charge >= 0.3 is 0 Å². The Kier molecular flexibility index (Phi) is 10.4. The molecule has 1 atom stereocenters. The molecule has 5 aliphatic rings. The Labute approximate surface area is 358 Å². The van der Waals surface area contributed by atoms with Crippen molar-refractivity contribution in [1.29, 1.82) is 0 Å². The average Bonchev–Trinajstić information content (AvgIpc) is 3.85. The van der Waals surface area contributed by atoms with E-state index < -0.39 is 11.9 Å². The molecule has 0 bridgehead atoms. The van der Waals surface area contributed by atoms with Crippen molar-refractivity contribution in [1.82, 2.24) is 39.8 Å². The predicted molar refractivity (Wildman–Crippen MR) is 228 cm³/mol. The molecule has 5 aromatic rings. The lowest BCUT2D eigenvalue weighted by Gasteiger charge is -2.29. The minimum Gasteiger partial charge on any atom is -0.381 e. The normalized spacial score (nSPS) is 19.5. The van der Waals surface area contributed by atoms with E-state index in [1.54, 1.807) is 30.2 Å². The van der Waals surface area contributed by atoms with Gasteiger partial charge in [0.05, 0.1) is 17.4 Å². The standard InChI is InChI=1S/C48H46N8O6/c1-29(57)54-21-16-42-39(27-54)45(52-56(42)34-17-22-62-23-18-34)35-6-3-5-32-24-41(50-26-37(32)35)33-10-11-40(49-25-33)48(61)53-19-14-30(15-20-53)8-9-31-4-2-7-36-38(31)28-55(47(36)60)43-12-13-44(58)51-46(43)59/h2-7,10-11,24-26,30,34,43H,12-23,27-28H2,1H3,(H,51,58,59). The number of imide groups is 1. The first-order valence-electron chi connectivity index (χ1n) is 21.6. The largest absolute Gasteiger partial charge is 0.381 e. The molecule has 10 rings (SSSR count). The van der Waals surface area contributed by atoms with Crippen molar-refractivity contribution in [2.24, 2.45) is 5.92 Å². The molecule has 0 aliphatic carbocycles. The van der Waals surface area contributed by atoms with E-state index in [1.807, 2.05) is 46.3 Å². The quantitative estimate of drug-likeness (QED) is 0.188. The second-order valence-corrected chi connectivity index (χ2v) is 16.8. The second-order valence-electron chi connectivity index (χ2n) is 16.8. The molecule has 14 nitrogen and oxygen atoms in total. The highest BCUT2D eigenvalue weighted by Crippen LogP contribution is 2.38. The van der Waals surface area contributed by atoms with E-state index in [0.29, 0.717) is 56.7 Å². The summed E-state index contributed by atoms with van der Waals surface area (Å²) in [6.45, 7) is 5.65. The maximum Gasteiger partial charge on any atom is 0.272 e. The van der Waals surface area contributed by atoms with Crippen molar-refractivity contribution in [3.8, 4) is 34.4 Å². The Morgan fingerprint density at radius 1 is 0.823 bits per heavy atom. The van der Waals surface area contributed by atoms with Crippen LogP contribution in [0.4, 0.5) is 0 Å². The highest BCUT2D eigenvalue weighted by Gasteiger charge is 2.40. The number of rotatable bonds is 5. The maximum absolute atomic E-state index is 13.6. The van der Waals surface area contributed by atoms with Crippen molar-refractivity contribution >= 4 is 40.3 Å². The summed E-state index contributed by atoms with van der Waals surface area (Å²) in [5.41, 5.74) is 8.21. The summed E-state index contributed by atoms with van der Waals surface area (Å²) in [5, 5.41) is 9.58. The van der Waals surface area contributed by atoms with E-state index in [2.05, 4.69) is 39.0 Å². The van der Waals surface area contributed by atoms with Crippen LogP contribution in [0.1, 0.15) is 94.7 Å². The van der Waals surface area contributed by atoms with Gasteiger partial charge in [-0.05, 0) is 73.4 Å². The van der Waals surface area contributed by atoms with Crippen molar-refractivity contribution in [2.75, 3.05) is 32.8 Å². The Bertz CT molecular complexity index is 2720. The number of carbonyl (C=O) groups is 5. The number of amides is 5. The second kappa shape index (κ2) is 16.3. The zero-order valence-electron chi connectivity index (χ0n) is 34.6. The van der Waals surface area contributed by atoms with Crippen LogP contribution in [0.5, 0.6) is 0 Å². The van der Waals surface area contributed by atoms with Crippen LogP contribution >= 0.6 is 0 Å². The number of nitrogens with one attached hydrogen (secondary N) is 1. The number of carbonyl (C=O) groups excluding carboxylic acids is 5. The van der Waals surface area contributed by atoms with E-state index in [0.717, 1.165) is 82.5 Å². The molecule has 1 N–H and O–H groups in total. The highest BCUT2D eigenvalue weighted by atomic mass is 16.5. The fourth-order valence-corrected chi connectivity index (χ4v) is 9.64. The molecule has 314 valence electrons. The zero-order chi connectivity index (χ0) is 42.5. The fraction of sp³-hybridized carbons (Fsp3) is 0.375. The molecule has 0 saturated carbocycles. The molecule has 3 fully saturated rings. The Balaban J connectivity index is 0.808. The number of fused-ring (bicyclic) bond motifs is 3. The predicted octanol–water partition coefficient (Wildman–Crippen LogP) is 5.08. The van der Waals surface area contributed by atoms with Crippen LogP contribution in [0.3, 0.4) is 0 Å². The van der Waals surface area contributed by atoms with Gasteiger partial charge in [-0.2, -0.15) is 5.10 Å². The first-order chi connectivity index (χ1) is 30.2. The number of piperidine rings is 2. The van der Waals surface area contributed by atoms with Gasteiger partial charge in [-0.3, -0.25) is 43.9 Å². The van der Waals surface area contributed by atoms with Crippen LogP contribution in [0, 0.1) is 17.8 Å². The molecule has 14 heteroatoms. The molecule has 5 amide bonds. The number of ether oxygens (including phenoxy) is 1. The lowest BCUT2D eigenvalue weighted by molar-refractivity contribution is -0.137. The SMILES string of the molecule is CC(=O)N1CCc2c(c(-c3cccc4cc(-c5ccc(C(=O)N6CCC(C#Cc7cccc8c7CN(C7CCC(=O)NC7=O)C8=O)CC6)nc5)ncc34)nn2C2CCOCC2)C1. The van der Waals surface area contributed by atoms with Crippen LogP contribution < -0.4 is 5.32 Å². The zero-order valence-corrected chi connectivity index (χ0v) is 34.6. The Hall–Kier alpha value is -6.72. The number of hydrogen-bond donors (Lipinski definition) is 1. The van der Waals surface area contributed by atoms with Crippen LogP contribution in [-0.4, -0.2) is 103 Å². The van der Waals surface area contributed by atoms with E-state index in [-0.39, 0.29) is 48.6 Å². The summed E-state index contributed by atoms with van der Waals surface area (Å²) < 4.78 is 7.87. The van der Waals surface area contributed by atoms with Gasteiger partial charge in [0.15, 0.2) is 0 Å². The van der Waals surface area contributed by atoms with E-state index >= 15 is 0 Å². The first kappa shape index (κ1) is 39.4. The van der Waals surface area contributed by atoms with Gasteiger partial charge in [0.1, 0.15) is 11.7 Å². The molecule has 5 aliphatic heterocycles.